The third-order valence-electron chi connectivity index (χ3n) is 3.83. The van der Waals surface area contributed by atoms with E-state index in [2.05, 4.69) is 5.32 Å². The van der Waals surface area contributed by atoms with Gasteiger partial charge in [0.25, 0.3) is 0 Å². The molecule has 1 atom stereocenters. The number of halogens is 3. The summed E-state index contributed by atoms with van der Waals surface area (Å²) in [4.78, 5) is 12.9. The number of carbonyl (C=O) groups is 1. The van der Waals surface area contributed by atoms with E-state index in [9.17, 15) is 18.0 Å². The number of hydrogen-bond acceptors (Lipinski definition) is 4. The van der Waals surface area contributed by atoms with Crippen LogP contribution in [-0.4, -0.2) is 38.7 Å². The number of benzene rings is 2. The Morgan fingerprint density at radius 1 is 1.07 bits per heavy atom. The minimum Gasteiger partial charge on any atom is -0.493 e. The summed E-state index contributed by atoms with van der Waals surface area (Å²) in [5.74, 6) is -3.77. The second-order valence-corrected chi connectivity index (χ2v) is 6.01. The number of carbonyl (C=O) groups excluding carboxylic acids is 1. The summed E-state index contributed by atoms with van der Waals surface area (Å²) in [6, 6.07) is 8.47. The van der Waals surface area contributed by atoms with Crippen molar-refractivity contribution in [3.05, 3.63) is 59.4 Å². The number of nitrogens with one attached hydrogen (secondary N) is 1. The first kappa shape index (κ1) is 20.6. The largest absolute Gasteiger partial charge is 0.493 e. The van der Waals surface area contributed by atoms with E-state index in [4.69, 9.17) is 9.47 Å². The van der Waals surface area contributed by atoms with Crippen molar-refractivity contribution in [2.75, 3.05) is 27.7 Å². The molecule has 0 spiro atoms. The lowest BCUT2D eigenvalue weighted by Gasteiger charge is -2.18. The average molecular weight is 382 g/mol. The molecular weight excluding hydrogens is 361 g/mol. The van der Waals surface area contributed by atoms with E-state index in [1.807, 2.05) is 0 Å². The second kappa shape index (κ2) is 9.27. The molecule has 0 aliphatic rings. The van der Waals surface area contributed by atoms with E-state index in [-0.39, 0.29) is 18.4 Å². The van der Waals surface area contributed by atoms with Crippen LogP contribution >= 0.6 is 0 Å². The van der Waals surface area contributed by atoms with E-state index >= 15 is 0 Å². The van der Waals surface area contributed by atoms with E-state index in [1.165, 1.54) is 4.90 Å². The zero-order valence-electron chi connectivity index (χ0n) is 15.3. The molecule has 0 aromatic heterocycles. The van der Waals surface area contributed by atoms with E-state index in [1.54, 1.807) is 45.4 Å². The van der Waals surface area contributed by atoms with Crippen molar-refractivity contribution in [3.8, 4) is 11.5 Å². The van der Waals surface area contributed by atoms with Gasteiger partial charge in [0.1, 0.15) is 11.5 Å². The maximum atomic E-state index is 13.2. The SMILES string of the molecule is CNC(CCOc1cc(F)c(F)c(F)c1)c1ccc(OC(=O)N(C)C)cc1. The van der Waals surface area contributed by atoms with Gasteiger partial charge >= 0.3 is 6.09 Å². The van der Waals surface area contributed by atoms with Crippen molar-refractivity contribution in [1.82, 2.24) is 10.2 Å². The molecule has 1 unspecified atom stereocenters. The van der Waals surface area contributed by atoms with Crippen molar-refractivity contribution in [2.45, 2.75) is 12.5 Å². The molecule has 1 amide bonds. The minimum absolute atomic E-state index is 0.0767. The van der Waals surface area contributed by atoms with E-state index < -0.39 is 23.5 Å². The van der Waals surface area contributed by atoms with Crippen molar-refractivity contribution < 1.29 is 27.4 Å². The highest BCUT2D eigenvalue weighted by molar-refractivity contribution is 5.69. The van der Waals surface area contributed by atoms with Crippen LogP contribution in [0.4, 0.5) is 18.0 Å². The fourth-order valence-corrected chi connectivity index (χ4v) is 2.35. The summed E-state index contributed by atoms with van der Waals surface area (Å²) in [6.07, 6.45) is 0.0218. The Kier molecular flexibility index (Phi) is 7.06. The van der Waals surface area contributed by atoms with Crippen LogP contribution < -0.4 is 14.8 Å². The molecule has 2 aromatic rings. The van der Waals surface area contributed by atoms with Gasteiger partial charge in [-0.2, -0.15) is 0 Å². The van der Waals surface area contributed by atoms with Crippen LogP contribution in [0.2, 0.25) is 0 Å². The predicted octanol–water partition coefficient (Wildman–Crippen LogP) is 3.89. The van der Waals surface area contributed by atoms with Gasteiger partial charge in [-0.1, -0.05) is 12.1 Å². The monoisotopic (exact) mass is 382 g/mol. The Morgan fingerprint density at radius 3 is 2.19 bits per heavy atom. The van der Waals surface area contributed by atoms with Crippen LogP contribution in [0, 0.1) is 17.5 Å². The first-order chi connectivity index (χ1) is 12.8. The standard InChI is InChI=1S/C19H21F3N2O3/c1-23-17(8-9-26-14-10-15(20)18(22)16(21)11-14)12-4-6-13(7-5-12)27-19(25)24(2)3/h4-7,10-11,17,23H,8-9H2,1-3H3. The molecule has 2 aromatic carbocycles. The smallest absolute Gasteiger partial charge is 0.414 e. The number of amides is 1. The third kappa shape index (κ3) is 5.62. The summed E-state index contributed by atoms with van der Waals surface area (Å²) < 4.78 is 49.8. The summed E-state index contributed by atoms with van der Waals surface area (Å²) >= 11 is 0. The fourth-order valence-electron chi connectivity index (χ4n) is 2.35. The molecule has 146 valence electrons. The zero-order valence-corrected chi connectivity index (χ0v) is 15.3. The number of nitrogens with zero attached hydrogens (tertiary/aromatic N) is 1. The predicted molar refractivity (Wildman–Crippen MR) is 94.4 cm³/mol. The van der Waals surface area contributed by atoms with E-state index in [0.717, 1.165) is 17.7 Å². The van der Waals surface area contributed by atoms with Gasteiger partial charge in [-0.25, -0.2) is 18.0 Å². The van der Waals surface area contributed by atoms with Gasteiger partial charge in [-0.15, -0.1) is 0 Å². The van der Waals surface area contributed by atoms with Crippen molar-refractivity contribution in [2.24, 2.45) is 0 Å². The van der Waals surface area contributed by atoms with E-state index in [0.29, 0.717) is 12.2 Å². The quantitative estimate of drug-likeness (QED) is 0.738. The van der Waals surface area contributed by atoms with Crippen LogP contribution in [-0.2, 0) is 0 Å². The van der Waals surface area contributed by atoms with Gasteiger partial charge in [-0.05, 0) is 24.7 Å². The highest BCUT2D eigenvalue weighted by Crippen LogP contribution is 2.23. The Labute approximate surface area is 155 Å². The van der Waals surface area contributed by atoms with Crippen LogP contribution in [0.25, 0.3) is 0 Å². The molecule has 5 nitrogen and oxygen atoms in total. The maximum Gasteiger partial charge on any atom is 0.414 e. The summed E-state index contributed by atoms with van der Waals surface area (Å²) in [5.41, 5.74) is 0.919. The Morgan fingerprint density at radius 2 is 1.67 bits per heavy atom. The average Bonchev–Trinajstić information content (AvgIpc) is 2.64. The highest BCUT2D eigenvalue weighted by atomic mass is 19.2. The molecule has 27 heavy (non-hydrogen) atoms. The van der Waals surface area contributed by atoms with Crippen molar-refractivity contribution >= 4 is 6.09 Å². The molecule has 0 saturated heterocycles. The third-order valence-corrected chi connectivity index (χ3v) is 3.83. The van der Waals surface area contributed by atoms with Gasteiger partial charge in [0.05, 0.1) is 6.61 Å². The minimum atomic E-state index is -1.52. The first-order valence-corrected chi connectivity index (χ1v) is 8.25. The maximum absolute atomic E-state index is 13.2. The topological polar surface area (TPSA) is 50.8 Å². The lowest BCUT2D eigenvalue weighted by Crippen LogP contribution is -2.25. The molecule has 0 fully saturated rings. The molecule has 0 saturated carbocycles. The van der Waals surface area contributed by atoms with Crippen LogP contribution in [0.3, 0.4) is 0 Å². The van der Waals surface area contributed by atoms with Gasteiger partial charge in [-0.3, -0.25) is 0 Å². The lowest BCUT2D eigenvalue weighted by molar-refractivity contribution is 0.172. The Balaban J connectivity index is 1.94. The molecule has 0 bridgehead atoms. The molecule has 2 rings (SSSR count). The normalized spacial score (nSPS) is 11.8. The molecule has 1 N–H and O–H groups in total. The molecule has 0 aliphatic heterocycles. The van der Waals surface area contributed by atoms with Gasteiger partial charge in [0.15, 0.2) is 17.5 Å². The van der Waals surface area contributed by atoms with Gasteiger partial charge in [0, 0.05) is 38.7 Å². The summed E-state index contributed by atoms with van der Waals surface area (Å²) in [6.45, 7) is 0.160. The molecule has 0 heterocycles. The fraction of sp³-hybridized carbons (Fsp3) is 0.316. The molecule has 0 radical (unpaired) electrons. The number of ether oxygens (including phenoxy) is 2. The van der Waals surface area contributed by atoms with Crippen LogP contribution in [0.5, 0.6) is 11.5 Å². The van der Waals surface area contributed by atoms with Crippen LogP contribution in [0.15, 0.2) is 36.4 Å². The van der Waals surface area contributed by atoms with Gasteiger partial charge in [0.2, 0.25) is 0 Å². The molecule has 0 aliphatic carbocycles. The Hall–Kier alpha value is -2.74. The number of hydrogen-bond donors (Lipinski definition) is 1. The zero-order chi connectivity index (χ0) is 20.0. The van der Waals surface area contributed by atoms with Crippen LogP contribution in [0.1, 0.15) is 18.0 Å². The summed E-state index contributed by atoms with van der Waals surface area (Å²) in [7, 11) is 4.95. The highest BCUT2D eigenvalue weighted by Gasteiger charge is 2.14. The van der Waals surface area contributed by atoms with Crippen molar-refractivity contribution in [1.29, 1.82) is 0 Å². The summed E-state index contributed by atoms with van der Waals surface area (Å²) in [5, 5.41) is 3.11. The molecule has 8 heteroatoms. The Bertz CT molecular complexity index is 759. The molecular formula is C19H21F3N2O3. The lowest BCUT2D eigenvalue weighted by atomic mass is 10.0. The number of rotatable bonds is 7. The second-order valence-electron chi connectivity index (χ2n) is 6.01. The first-order valence-electron chi connectivity index (χ1n) is 8.25. The van der Waals surface area contributed by atoms with Gasteiger partial charge < -0.3 is 19.7 Å². The van der Waals surface area contributed by atoms with Crippen molar-refractivity contribution in [3.63, 3.8) is 0 Å².